The molecule has 0 aliphatic heterocycles. The zero-order valence-corrected chi connectivity index (χ0v) is 7.38. The van der Waals surface area contributed by atoms with Crippen LogP contribution in [0.2, 0.25) is 0 Å². The van der Waals surface area contributed by atoms with Gasteiger partial charge in [0.15, 0.2) is 5.11 Å². The quantitative estimate of drug-likeness (QED) is 0.371. The van der Waals surface area contributed by atoms with Gasteiger partial charge in [-0.3, -0.25) is 10.1 Å². The summed E-state index contributed by atoms with van der Waals surface area (Å²) in [5.41, 5.74) is 8.48. The van der Waals surface area contributed by atoms with Gasteiger partial charge in [-0.25, -0.2) is 0 Å². The molecule has 5 nitrogen and oxygen atoms in total. The molecule has 0 atom stereocenters. The Hall–Kier alpha value is -1.43. The van der Waals surface area contributed by atoms with E-state index in [0.29, 0.717) is 0 Å². The van der Waals surface area contributed by atoms with E-state index < -0.39 is 0 Å². The van der Waals surface area contributed by atoms with Gasteiger partial charge in [-0.05, 0) is 12.2 Å². The van der Waals surface area contributed by atoms with Crippen LogP contribution in [-0.4, -0.2) is 21.1 Å². The lowest BCUT2D eigenvalue weighted by Crippen LogP contribution is -2.23. The van der Waals surface area contributed by atoms with Crippen molar-refractivity contribution in [1.82, 2.24) is 15.2 Å². The number of thiocarbonyl (C=S) groups is 1. The van der Waals surface area contributed by atoms with E-state index in [-0.39, 0.29) is 5.11 Å². The molecule has 6 heteroatoms. The minimum absolute atomic E-state index is 0.148. The molecule has 1 heterocycles. The Labute approximate surface area is 75.2 Å². The molecule has 0 aromatic carbocycles. The molecule has 0 aliphatic carbocycles. The van der Waals surface area contributed by atoms with Crippen molar-refractivity contribution in [2.75, 3.05) is 0 Å². The van der Waals surface area contributed by atoms with E-state index in [1.165, 1.54) is 0 Å². The van der Waals surface area contributed by atoms with Gasteiger partial charge in [0.25, 0.3) is 0 Å². The van der Waals surface area contributed by atoms with E-state index in [0.717, 1.165) is 5.56 Å². The molecule has 3 N–H and O–H groups in total. The highest BCUT2D eigenvalue weighted by molar-refractivity contribution is 7.80. The predicted octanol–water partition coefficient (Wildman–Crippen LogP) is -0.413. The molecule has 0 radical (unpaired) electrons. The van der Waals surface area contributed by atoms with Gasteiger partial charge in [0.05, 0.1) is 12.4 Å². The van der Waals surface area contributed by atoms with E-state index in [9.17, 15) is 0 Å². The summed E-state index contributed by atoms with van der Waals surface area (Å²) >= 11 is 4.55. The molecule has 1 rings (SSSR count). The van der Waals surface area contributed by atoms with Crippen LogP contribution in [0.25, 0.3) is 0 Å². The fourth-order valence-electron chi connectivity index (χ4n) is 0.677. The van der Waals surface area contributed by atoms with E-state index in [2.05, 4.69) is 27.8 Å². The summed E-state index contributed by atoms with van der Waals surface area (Å²) in [4.78, 5) is 0. The van der Waals surface area contributed by atoms with Crippen molar-refractivity contribution in [3.05, 3.63) is 18.0 Å². The zero-order chi connectivity index (χ0) is 8.97. The molecule has 0 spiro atoms. The maximum atomic E-state index is 5.15. The Balaban J connectivity index is 2.52. The Morgan fingerprint density at radius 2 is 2.67 bits per heavy atom. The minimum atomic E-state index is 0.148. The molecule has 12 heavy (non-hydrogen) atoms. The second-order valence-electron chi connectivity index (χ2n) is 2.18. The van der Waals surface area contributed by atoms with Crippen LogP contribution < -0.4 is 11.2 Å². The van der Waals surface area contributed by atoms with Gasteiger partial charge >= 0.3 is 0 Å². The van der Waals surface area contributed by atoms with Gasteiger partial charge < -0.3 is 5.73 Å². The van der Waals surface area contributed by atoms with Crippen LogP contribution >= 0.6 is 12.2 Å². The van der Waals surface area contributed by atoms with Crippen molar-refractivity contribution in [1.29, 1.82) is 0 Å². The van der Waals surface area contributed by atoms with Crippen molar-refractivity contribution in [2.24, 2.45) is 17.9 Å². The first-order chi connectivity index (χ1) is 5.68. The highest BCUT2D eigenvalue weighted by atomic mass is 32.1. The number of aromatic nitrogens is 2. The lowest BCUT2D eigenvalue weighted by molar-refractivity contribution is 0.767. The van der Waals surface area contributed by atoms with Crippen LogP contribution in [0.3, 0.4) is 0 Å². The molecule has 0 unspecified atom stereocenters. The molecule has 1 aromatic rings. The summed E-state index contributed by atoms with van der Waals surface area (Å²) in [7, 11) is 1.83. The number of nitrogens with two attached hydrogens (primary N) is 1. The van der Waals surface area contributed by atoms with Crippen molar-refractivity contribution in [3.8, 4) is 0 Å². The summed E-state index contributed by atoms with van der Waals surface area (Å²) in [5.74, 6) is 0. The van der Waals surface area contributed by atoms with E-state index in [1.54, 1.807) is 17.1 Å². The van der Waals surface area contributed by atoms with E-state index in [4.69, 9.17) is 5.73 Å². The summed E-state index contributed by atoms with van der Waals surface area (Å²) in [6, 6.07) is 0. The molecule has 0 amide bonds. The average molecular weight is 183 g/mol. The first-order valence-corrected chi connectivity index (χ1v) is 3.66. The Morgan fingerprint density at radius 3 is 3.17 bits per heavy atom. The maximum Gasteiger partial charge on any atom is 0.184 e. The standard InChI is InChI=1S/C6H9N5S/c1-11-4-5(3-9-11)2-8-10-6(7)12/h2-4H,1H3,(H3,7,10,12)/b8-2-. The number of hydrazone groups is 1. The Kier molecular flexibility index (Phi) is 2.76. The second kappa shape index (κ2) is 3.82. The SMILES string of the molecule is Cn1cc(/C=N\NC(N)=S)cn1. The van der Waals surface area contributed by atoms with E-state index in [1.807, 2.05) is 13.2 Å². The molecule has 0 fully saturated rings. The number of rotatable bonds is 2. The monoisotopic (exact) mass is 183 g/mol. The molecule has 64 valence electrons. The Bertz CT molecular complexity index is 303. The molecule has 0 saturated carbocycles. The predicted molar refractivity (Wildman–Crippen MR) is 50.7 cm³/mol. The number of nitrogens with one attached hydrogen (secondary N) is 1. The molecular formula is C6H9N5S. The molecule has 0 saturated heterocycles. The molecule has 0 bridgehead atoms. The summed E-state index contributed by atoms with van der Waals surface area (Å²) in [5, 5.41) is 7.86. The fourth-order valence-corrected chi connectivity index (χ4v) is 0.730. The third-order valence-corrected chi connectivity index (χ3v) is 1.20. The van der Waals surface area contributed by atoms with Crippen LogP contribution in [0.5, 0.6) is 0 Å². The average Bonchev–Trinajstić information content (AvgIpc) is 2.35. The van der Waals surface area contributed by atoms with Crippen molar-refractivity contribution < 1.29 is 0 Å². The third kappa shape index (κ3) is 2.67. The van der Waals surface area contributed by atoms with Crippen LogP contribution in [0.15, 0.2) is 17.5 Å². The van der Waals surface area contributed by atoms with Gasteiger partial charge in [0, 0.05) is 18.8 Å². The van der Waals surface area contributed by atoms with Gasteiger partial charge in [-0.2, -0.15) is 10.2 Å². The first-order valence-electron chi connectivity index (χ1n) is 3.25. The first kappa shape index (κ1) is 8.66. The highest BCUT2D eigenvalue weighted by Crippen LogP contribution is 1.89. The lowest BCUT2D eigenvalue weighted by Gasteiger charge is -1.91. The van der Waals surface area contributed by atoms with Crippen molar-refractivity contribution >= 4 is 23.5 Å². The number of nitrogens with zero attached hydrogens (tertiary/aromatic N) is 3. The summed E-state index contributed by atoms with van der Waals surface area (Å²) in [6.07, 6.45) is 5.10. The van der Waals surface area contributed by atoms with Gasteiger partial charge in [-0.1, -0.05) is 0 Å². The third-order valence-electron chi connectivity index (χ3n) is 1.11. The number of hydrogen-bond acceptors (Lipinski definition) is 3. The lowest BCUT2D eigenvalue weighted by atomic mass is 10.4. The highest BCUT2D eigenvalue weighted by Gasteiger charge is 1.89. The number of aryl methyl sites for hydroxylation is 1. The smallest absolute Gasteiger partial charge is 0.184 e. The fraction of sp³-hybridized carbons (Fsp3) is 0.167. The minimum Gasteiger partial charge on any atom is -0.375 e. The van der Waals surface area contributed by atoms with Crippen molar-refractivity contribution in [3.63, 3.8) is 0 Å². The zero-order valence-electron chi connectivity index (χ0n) is 6.56. The van der Waals surface area contributed by atoms with E-state index >= 15 is 0 Å². The van der Waals surface area contributed by atoms with Gasteiger partial charge in [0.2, 0.25) is 0 Å². The van der Waals surface area contributed by atoms with Crippen LogP contribution in [-0.2, 0) is 7.05 Å². The number of hydrogen-bond donors (Lipinski definition) is 2. The normalized spacial score (nSPS) is 10.4. The summed E-state index contributed by atoms with van der Waals surface area (Å²) in [6.45, 7) is 0. The van der Waals surface area contributed by atoms with Crippen LogP contribution in [0, 0.1) is 0 Å². The van der Waals surface area contributed by atoms with Crippen molar-refractivity contribution in [2.45, 2.75) is 0 Å². The van der Waals surface area contributed by atoms with Crippen LogP contribution in [0.1, 0.15) is 5.56 Å². The maximum absolute atomic E-state index is 5.15. The Morgan fingerprint density at radius 1 is 1.92 bits per heavy atom. The molecule has 1 aromatic heterocycles. The van der Waals surface area contributed by atoms with Gasteiger partial charge in [-0.15, -0.1) is 0 Å². The summed E-state index contributed by atoms with van der Waals surface area (Å²) < 4.78 is 1.68. The largest absolute Gasteiger partial charge is 0.375 e. The molecule has 0 aliphatic rings. The molecular weight excluding hydrogens is 174 g/mol. The van der Waals surface area contributed by atoms with Crippen LogP contribution in [0.4, 0.5) is 0 Å². The van der Waals surface area contributed by atoms with Gasteiger partial charge in [0.1, 0.15) is 0 Å². The topological polar surface area (TPSA) is 68.2 Å². The second-order valence-corrected chi connectivity index (χ2v) is 2.62.